The first-order chi connectivity index (χ1) is 9.47. The maximum absolute atomic E-state index is 5.82. The number of anilines is 1. The van der Waals surface area contributed by atoms with Gasteiger partial charge in [-0.2, -0.15) is 5.10 Å². The predicted octanol–water partition coefficient (Wildman–Crippen LogP) is 3.62. The van der Waals surface area contributed by atoms with E-state index < -0.39 is 0 Å². The zero-order chi connectivity index (χ0) is 14.7. The molecule has 0 atom stereocenters. The number of nitrogen functional groups attached to an aromatic ring is 1. The van der Waals surface area contributed by atoms with Gasteiger partial charge < -0.3 is 10.5 Å². The molecule has 0 saturated carbocycles. The van der Waals surface area contributed by atoms with Gasteiger partial charge in [0.15, 0.2) is 5.82 Å². The van der Waals surface area contributed by atoms with Crippen LogP contribution in [-0.4, -0.2) is 14.8 Å². The van der Waals surface area contributed by atoms with E-state index in [2.05, 4.69) is 55.8 Å². The molecule has 0 fully saturated rings. The first-order valence-corrected chi connectivity index (χ1v) is 7.80. The van der Waals surface area contributed by atoms with Gasteiger partial charge in [-0.3, -0.25) is 0 Å². The fraction of sp³-hybridized carbons (Fsp3) is 0.385. The molecule has 0 amide bonds. The van der Waals surface area contributed by atoms with Crippen molar-refractivity contribution in [1.29, 1.82) is 0 Å². The van der Waals surface area contributed by atoms with Crippen LogP contribution < -0.4 is 10.5 Å². The van der Waals surface area contributed by atoms with Crippen LogP contribution in [0.2, 0.25) is 0 Å². The van der Waals surface area contributed by atoms with E-state index in [1.165, 1.54) is 0 Å². The maximum Gasteiger partial charge on any atom is 0.164 e. The number of nitrogens with zero attached hydrogens (tertiary/aromatic N) is 3. The fourth-order valence-electron chi connectivity index (χ4n) is 1.75. The minimum atomic E-state index is 0.355. The summed E-state index contributed by atoms with van der Waals surface area (Å²) in [5, 5.41) is 4.21. The van der Waals surface area contributed by atoms with E-state index in [1.807, 2.05) is 4.68 Å². The van der Waals surface area contributed by atoms with Gasteiger partial charge in [0.1, 0.15) is 18.7 Å². The Bertz CT molecular complexity index is 575. The van der Waals surface area contributed by atoms with Crippen LogP contribution in [0.4, 0.5) is 5.69 Å². The standard InChI is InChI=1S/C13H16Br2N4O/c1-8(2)5-19-12(17-7-18-19)6-20-13-10(14)3-9(16)4-11(13)15/h3-4,7-8H,5-6,16H2,1-2H3. The van der Waals surface area contributed by atoms with Gasteiger partial charge in [-0.1, -0.05) is 13.8 Å². The number of rotatable bonds is 5. The average molecular weight is 404 g/mol. The SMILES string of the molecule is CC(C)Cn1ncnc1COc1c(Br)cc(N)cc1Br. The monoisotopic (exact) mass is 402 g/mol. The van der Waals surface area contributed by atoms with Crippen LogP contribution in [0.1, 0.15) is 19.7 Å². The molecule has 0 aliphatic heterocycles. The smallest absolute Gasteiger partial charge is 0.164 e. The highest BCUT2D eigenvalue weighted by molar-refractivity contribution is 9.11. The molecule has 0 radical (unpaired) electrons. The van der Waals surface area contributed by atoms with Gasteiger partial charge in [0.25, 0.3) is 0 Å². The van der Waals surface area contributed by atoms with Crippen LogP contribution in [0, 0.1) is 5.92 Å². The number of hydrogen-bond donors (Lipinski definition) is 1. The van der Waals surface area contributed by atoms with Crippen molar-refractivity contribution in [2.45, 2.75) is 27.0 Å². The number of ether oxygens (including phenoxy) is 1. The lowest BCUT2D eigenvalue weighted by atomic mass is 10.2. The summed E-state index contributed by atoms with van der Waals surface area (Å²) in [5.74, 6) is 2.01. The van der Waals surface area contributed by atoms with Gasteiger partial charge in [-0.25, -0.2) is 9.67 Å². The summed E-state index contributed by atoms with van der Waals surface area (Å²) in [6.07, 6.45) is 1.55. The van der Waals surface area contributed by atoms with E-state index in [0.29, 0.717) is 24.0 Å². The molecule has 0 unspecified atom stereocenters. The van der Waals surface area contributed by atoms with Crippen molar-refractivity contribution < 1.29 is 4.74 Å². The molecule has 1 aromatic carbocycles. The number of aromatic nitrogens is 3. The normalized spacial score (nSPS) is 11.1. The molecule has 2 aromatic rings. The minimum absolute atomic E-state index is 0.355. The molecule has 1 aromatic heterocycles. The van der Waals surface area contributed by atoms with Crippen molar-refractivity contribution in [3.05, 3.63) is 33.2 Å². The first-order valence-electron chi connectivity index (χ1n) is 6.21. The third kappa shape index (κ3) is 3.73. The highest BCUT2D eigenvalue weighted by Crippen LogP contribution is 2.36. The number of hydrogen-bond acceptors (Lipinski definition) is 4. The highest BCUT2D eigenvalue weighted by Gasteiger charge is 2.11. The molecule has 20 heavy (non-hydrogen) atoms. The van der Waals surface area contributed by atoms with Gasteiger partial charge in [-0.15, -0.1) is 0 Å². The Hall–Kier alpha value is -1.08. The summed E-state index contributed by atoms with van der Waals surface area (Å²) in [6, 6.07) is 3.61. The zero-order valence-corrected chi connectivity index (χ0v) is 14.5. The van der Waals surface area contributed by atoms with Gasteiger partial charge in [0.05, 0.1) is 8.95 Å². The first kappa shape index (κ1) is 15.3. The molecular weight excluding hydrogens is 388 g/mol. The van der Waals surface area contributed by atoms with E-state index in [0.717, 1.165) is 21.3 Å². The van der Waals surface area contributed by atoms with Gasteiger partial charge in [-0.05, 0) is 49.9 Å². The Morgan fingerprint density at radius 1 is 1.30 bits per heavy atom. The lowest BCUT2D eigenvalue weighted by Gasteiger charge is -2.12. The van der Waals surface area contributed by atoms with Crippen LogP contribution in [-0.2, 0) is 13.2 Å². The molecule has 5 nitrogen and oxygen atoms in total. The van der Waals surface area contributed by atoms with E-state index in [1.54, 1.807) is 18.5 Å². The summed E-state index contributed by atoms with van der Waals surface area (Å²) in [4.78, 5) is 4.23. The largest absolute Gasteiger partial charge is 0.483 e. The molecule has 0 aliphatic carbocycles. The molecule has 108 valence electrons. The summed E-state index contributed by atoms with van der Waals surface area (Å²) in [6.45, 7) is 5.45. The summed E-state index contributed by atoms with van der Waals surface area (Å²) in [7, 11) is 0. The third-order valence-electron chi connectivity index (χ3n) is 2.60. The van der Waals surface area contributed by atoms with Crippen LogP contribution in [0.25, 0.3) is 0 Å². The molecule has 2 N–H and O–H groups in total. The number of benzene rings is 1. The Morgan fingerprint density at radius 2 is 1.95 bits per heavy atom. The lowest BCUT2D eigenvalue weighted by molar-refractivity contribution is 0.279. The Balaban J connectivity index is 2.12. The Morgan fingerprint density at radius 3 is 2.55 bits per heavy atom. The fourth-order valence-corrected chi connectivity index (χ4v) is 3.20. The molecule has 2 rings (SSSR count). The van der Waals surface area contributed by atoms with E-state index >= 15 is 0 Å². The lowest BCUT2D eigenvalue weighted by Crippen LogP contribution is -2.12. The second kappa shape index (κ2) is 6.58. The van der Waals surface area contributed by atoms with Crippen LogP contribution in [0.15, 0.2) is 27.4 Å². The quantitative estimate of drug-likeness (QED) is 0.774. The van der Waals surface area contributed by atoms with Crippen molar-refractivity contribution in [2.75, 3.05) is 5.73 Å². The molecule has 0 saturated heterocycles. The Labute approximate surface area is 134 Å². The third-order valence-corrected chi connectivity index (χ3v) is 3.78. The summed E-state index contributed by atoms with van der Waals surface area (Å²) in [5.41, 5.74) is 6.42. The van der Waals surface area contributed by atoms with Crippen LogP contribution >= 0.6 is 31.9 Å². The topological polar surface area (TPSA) is 66.0 Å². The average Bonchev–Trinajstić information content (AvgIpc) is 2.74. The second-order valence-corrected chi connectivity index (χ2v) is 6.56. The van der Waals surface area contributed by atoms with Crippen molar-refractivity contribution in [3.63, 3.8) is 0 Å². The maximum atomic E-state index is 5.82. The summed E-state index contributed by atoms with van der Waals surface area (Å²) >= 11 is 6.89. The number of halogens is 2. The number of nitrogens with two attached hydrogens (primary N) is 1. The van der Waals surface area contributed by atoms with Crippen LogP contribution in [0.3, 0.4) is 0 Å². The van der Waals surface area contributed by atoms with E-state index in [-0.39, 0.29) is 0 Å². The molecule has 1 heterocycles. The highest BCUT2D eigenvalue weighted by atomic mass is 79.9. The molecular formula is C13H16Br2N4O. The van der Waals surface area contributed by atoms with Crippen molar-refractivity contribution >= 4 is 37.5 Å². The zero-order valence-electron chi connectivity index (χ0n) is 11.3. The summed E-state index contributed by atoms with van der Waals surface area (Å²) < 4.78 is 9.29. The van der Waals surface area contributed by atoms with E-state index in [4.69, 9.17) is 10.5 Å². The molecule has 7 heteroatoms. The molecule has 0 aliphatic rings. The molecule has 0 bridgehead atoms. The minimum Gasteiger partial charge on any atom is -0.483 e. The van der Waals surface area contributed by atoms with Crippen molar-refractivity contribution in [3.8, 4) is 5.75 Å². The van der Waals surface area contributed by atoms with Crippen LogP contribution in [0.5, 0.6) is 5.75 Å². The van der Waals surface area contributed by atoms with Gasteiger partial charge in [0, 0.05) is 12.2 Å². The van der Waals surface area contributed by atoms with Crippen molar-refractivity contribution in [1.82, 2.24) is 14.8 Å². The second-order valence-electron chi connectivity index (χ2n) is 4.85. The predicted molar refractivity (Wildman–Crippen MR) is 85.4 cm³/mol. The van der Waals surface area contributed by atoms with Gasteiger partial charge in [0.2, 0.25) is 0 Å². The van der Waals surface area contributed by atoms with E-state index in [9.17, 15) is 0 Å². The molecule has 0 spiro atoms. The van der Waals surface area contributed by atoms with Crippen molar-refractivity contribution in [2.24, 2.45) is 5.92 Å². The Kier molecular flexibility index (Phi) is 5.04. The van der Waals surface area contributed by atoms with Gasteiger partial charge >= 0.3 is 0 Å².